The Kier molecular flexibility index (Phi) is 6.16. The van der Waals surface area contributed by atoms with Gasteiger partial charge >= 0.3 is 0 Å². The van der Waals surface area contributed by atoms with Crippen LogP contribution in [-0.4, -0.2) is 32.1 Å². The highest BCUT2D eigenvalue weighted by atomic mass is 79.9. The number of methoxy groups -OCH3 is 1. The summed E-state index contributed by atoms with van der Waals surface area (Å²) in [5.41, 5.74) is -0.529. The topological polar surface area (TPSA) is 67.4 Å². The second kappa shape index (κ2) is 7.40. The fourth-order valence-electron chi connectivity index (χ4n) is 1.43. The molecule has 5 nitrogen and oxygen atoms in total. The van der Waals surface area contributed by atoms with Crippen LogP contribution in [0.4, 0.5) is 5.69 Å². The van der Waals surface area contributed by atoms with Crippen LogP contribution >= 0.6 is 15.9 Å². The third-order valence-electron chi connectivity index (χ3n) is 2.85. The molecule has 0 radical (unpaired) electrons. The molecule has 1 aromatic rings. The lowest BCUT2D eigenvalue weighted by molar-refractivity contribution is -0.138. The van der Waals surface area contributed by atoms with Gasteiger partial charge in [-0.15, -0.1) is 0 Å². The average molecular weight is 343 g/mol. The lowest BCUT2D eigenvalue weighted by Crippen LogP contribution is -2.46. The summed E-state index contributed by atoms with van der Waals surface area (Å²) in [5, 5.41) is 5.41. The third-order valence-corrected chi connectivity index (χ3v) is 3.54. The quantitative estimate of drug-likeness (QED) is 0.615. The van der Waals surface area contributed by atoms with E-state index < -0.39 is 5.41 Å². The second-order valence-electron chi connectivity index (χ2n) is 4.81. The molecule has 0 spiro atoms. The van der Waals surface area contributed by atoms with Gasteiger partial charge in [0, 0.05) is 18.1 Å². The number of amides is 2. The Morgan fingerprint density at radius 2 is 1.90 bits per heavy atom. The zero-order valence-corrected chi connectivity index (χ0v) is 13.4. The first-order valence-corrected chi connectivity index (χ1v) is 7.02. The zero-order valence-electron chi connectivity index (χ0n) is 11.8. The first kappa shape index (κ1) is 16.7. The summed E-state index contributed by atoms with van der Waals surface area (Å²) in [6.45, 7) is 3.96. The van der Waals surface area contributed by atoms with Crippen LogP contribution in [-0.2, 0) is 14.3 Å². The molecule has 0 atom stereocenters. The lowest BCUT2D eigenvalue weighted by atomic mass is 9.91. The molecule has 6 heteroatoms. The number of halogens is 1. The molecule has 0 saturated heterocycles. The van der Waals surface area contributed by atoms with E-state index in [4.69, 9.17) is 4.74 Å². The van der Waals surface area contributed by atoms with Crippen LogP contribution in [0.3, 0.4) is 0 Å². The van der Waals surface area contributed by atoms with Gasteiger partial charge in [0.1, 0.15) is 5.41 Å². The van der Waals surface area contributed by atoms with E-state index in [2.05, 4.69) is 26.6 Å². The number of hydrogen-bond donors (Lipinski definition) is 2. The van der Waals surface area contributed by atoms with E-state index in [1.807, 2.05) is 18.2 Å². The SMILES string of the molecule is COCCNC(=O)C(C)(C)C(=O)Nc1ccccc1Br. The molecule has 0 aromatic heterocycles. The van der Waals surface area contributed by atoms with Crippen LogP contribution in [0.1, 0.15) is 13.8 Å². The summed E-state index contributed by atoms with van der Waals surface area (Å²) in [6, 6.07) is 7.25. The highest BCUT2D eigenvalue weighted by molar-refractivity contribution is 9.10. The first-order valence-electron chi connectivity index (χ1n) is 6.23. The van der Waals surface area contributed by atoms with Gasteiger partial charge in [0.15, 0.2) is 0 Å². The minimum Gasteiger partial charge on any atom is -0.383 e. The summed E-state index contributed by atoms with van der Waals surface area (Å²) in [6.07, 6.45) is 0. The van der Waals surface area contributed by atoms with Crippen LogP contribution in [0.5, 0.6) is 0 Å². The van der Waals surface area contributed by atoms with Crippen molar-refractivity contribution in [1.29, 1.82) is 0 Å². The van der Waals surface area contributed by atoms with Crippen molar-refractivity contribution in [2.24, 2.45) is 5.41 Å². The van der Waals surface area contributed by atoms with Crippen molar-refractivity contribution in [1.82, 2.24) is 5.32 Å². The fraction of sp³-hybridized carbons (Fsp3) is 0.429. The number of anilines is 1. The molecule has 2 amide bonds. The van der Waals surface area contributed by atoms with Crippen LogP contribution in [0.25, 0.3) is 0 Å². The van der Waals surface area contributed by atoms with E-state index in [0.717, 1.165) is 4.47 Å². The second-order valence-corrected chi connectivity index (χ2v) is 5.66. The predicted molar refractivity (Wildman–Crippen MR) is 81.4 cm³/mol. The normalized spacial score (nSPS) is 11.0. The minimum atomic E-state index is -1.16. The summed E-state index contributed by atoms with van der Waals surface area (Å²) >= 11 is 3.35. The Morgan fingerprint density at radius 1 is 1.25 bits per heavy atom. The van der Waals surface area contributed by atoms with Crippen LogP contribution in [0.15, 0.2) is 28.7 Å². The van der Waals surface area contributed by atoms with Gasteiger partial charge in [-0.1, -0.05) is 12.1 Å². The minimum absolute atomic E-state index is 0.334. The van der Waals surface area contributed by atoms with Crippen LogP contribution in [0, 0.1) is 5.41 Å². The van der Waals surface area contributed by atoms with Crippen molar-refractivity contribution in [3.05, 3.63) is 28.7 Å². The average Bonchev–Trinajstić information content (AvgIpc) is 2.41. The molecule has 20 heavy (non-hydrogen) atoms. The largest absolute Gasteiger partial charge is 0.383 e. The maximum Gasteiger partial charge on any atom is 0.239 e. The standard InChI is InChI=1S/C14H19BrN2O3/c1-14(2,12(18)16-8-9-20-3)13(19)17-11-7-5-4-6-10(11)15/h4-7H,8-9H2,1-3H3,(H,16,18)(H,17,19). The zero-order chi connectivity index (χ0) is 15.2. The molecular weight excluding hydrogens is 324 g/mol. The highest BCUT2D eigenvalue weighted by Gasteiger charge is 2.36. The lowest BCUT2D eigenvalue weighted by Gasteiger charge is -2.23. The molecule has 110 valence electrons. The Bertz CT molecular complexity index is 489. The molecule has 0 aliphatic heterocycles. The molecule has 2 N–H and O–H groups in total. The molecule has 0 aliphatic carbocycles. The van der Waals surface area contributed by atoms with Crippen molar-refractivity contribution in [2.45, 2.75) is 13.8 Å². The van der Waals surface area contributed by atoms with Gasteiger partial charge in [0.25, 0.3) is 0 Å². The number of nitrogens with one attached hydrogen (secondary N) is 2. The number of carbonyl (C=O) groups excluding carboxylic acids is 2. The molecule has 0 unspecified atom stereocenters. The third kappa shape index (κ3) is 4.31. The van der Waals surface area contributed by atoms with E-state index in [-0.39, 0.29) is 11.8 Å². The summed E-state index contributed by atoms with van der Waals surface area (Å²) in [5.74, 6) is -0.696. The molecule has 0 saturated carbocycles. The monoisotopic (exact) mass is 342 g/mol. The van der Waals surface area contributed by atoms with Crippen LogP contribution < -0.4 is 10.6 Å². The van der Waals surface area contributed by atoms with Crippen molar-refractivity contribution >= 4 is 33.4 Å². The summed E-state index contributed by atoms with van der Waals surface area (Å²) in [4.78, 5) is 24.3. The fourth-order valence-corrected chi connectivity index (χ4v) is 1.82. The van der Waals surface area contributed by atoms with Gasteiger partial charge in [-0.05, 0) is 41.9 Å². The van der Waals surface area contributed by atoms with Gasteiger partial charge in [-0.3, -0.25) is 9.59 Å². The molecule has 0 aliphatic rings. The van der Waals surface area contributed by atoms with Crippen molar-refractivity contribution in [3.63, 3.8) is 0 Å². The molecule has 0 fully saturated rings. The number of benzene rings is 1. The van der Waals surface area contributed by atoms with Gasteiger partial charge < -0.3 is 15.4 Å². The number of para-hydroxylation sites is 1. The van der Waals surface area contributed by atoms with E-state index in [1.165, 1.54) is 0 Å². The molecule has 0 heterocycles. The van der Waals surface area contributed by atoms with Crippen LogP contribution in [0.2, 0.25) is 0 Å². The molecule has 1 aromatic carbocycles. The maximum atomic E-state index is 12.2. The number of carbonyl (C=O) groups is 2. The van der Waals surface area contributed by atoms with E-state index in [9.17, 15) is 9.59 Å². The smallest absolute Gasteiger partial charge is 0.239 e. The highest BCUT2D eigenvalue weighted by Crippen LogP contribution is 2.24. The van der Waals surface area contributed by atoms with Crippen molar-refractivity contribution in [3.8, 4) is 0 Å². The van der Waals surface area contributed by atoms with Crippen molar-refractivity contribution < 1.29 is 14.3 Å². The Hall–Kier alpha value is -1.40. The van der Waals surface area contributed by atoms with Gasteiger partial charge in [0.05, 0.1) is 12.3 Å². The molecule has 1 rings (SSSR count). The van der Waals surface area contributed by atoms with E-state index >= 15 is 0 Å². The first-order chi connectivity index (χ1) is 9.39. The number of ether oxygens (including phenoxy) is 1. The summed E-state index contributed by atoms with van der Waals surface area (Å²) < 4.78 is 5.62. The Morgan fingerprint density at radius 3 is 2.50 bits per heavy atom. The predicted octanol–water partition coefficient (Wildman–Crippen LogP) is 2.18. The summed E-state index contributed by atoms with van der Waals surface area (Å²) in [7, 11) is 1.55. The molecular formula is C14H19BrN2O3. The Labute approximate surface area is 127 Å². The van der Waals surface area contributed by atoms with Crippen molar-refractivity contribution in [2.75, 3.05) is 25.6 Å². The van der Waals surface area contributed by atoms with Gasteiger partial charge in [0.2, 0.25) is 11.8 Å². The van der Waals surface area contributed by atoms with E-state index in [0.29, 0.717) is 18.8 Å². The molecule has 0 bridgehead atoms. The Balaban J connectivity index is 2.69. The van der Waals surface area contributed by atoms with Gasteiger partial charge in [-0.2, -0.15) is 0 Å². The maximum absolute atomic E-state index is 12.2. The number of rotatable bonds is 6. The number of hydrogen-bond acceptors (Lipinski definition) is 3. The van der Waals surface area contributed by atoms with E-state index in [1.54, 1.807) is 27.0 Å². The van der Waals surface area contributed by atoms with Gasteiger partial charge in [-0.25, -0.2) is 0 Å².